The number of hydrogen-bond acceptors (Lipinski definition) is 5. The van der Waals surface area contributed by atoms with E-state index in [-0.39, 0.29) is 29.3 Å². The van der Waals surface area contributed by atoms with Crippen molar-refractivity contribution >= 4 is 39.2 Å². The van der Waals surface area contributed by atoms with Gasteiger partial charge in [-0.15, -0.1) is 11.3 Å². The van der Waals surface area contributed by atoms with Crippen LogP contribution >= 0.6 is 23.1 Å². The number of hydrogen-bond donors (Lipinski definition) is 1. The number of thiophene rings is 1. The van der Waals surface area contributed by atoms with Crippen molar-refractivity contribution in [2.75, 3.05) is 5.75 Å². The fourth-order valence-corrected chi connectivity index (χ4v) is 5.95. The molecule has 142 valence electrons. The number of H-pyrrole nitrogens is 1. The van der Waals surface area contributed by atoms with Crippen molar-refractivity contribution in [1.82, 2.24) is 14.9 Å². The Morgan fingerprint density at radius 3 is 2.69 bits per heavy atom. The highest BCUT2D eigenvalue weighted by atomic mass is 32.2. The van der Waals surface area contributed by atoms with Crippen LogP contribution in [-0.2, 0) is 17.6 Å². The summed E-state index contributed by atoms with van der Waals surface area (Å²) in [6.45, 7) is 10.3. The van der Waals surface area contributed by atoms with Gasteiger partial charge in [-0.25, -0.2) is 4.98 Å². The van der Waals surface area contributed by atoms with Gasteiger partial charge in [-0.1, -0.05) is 18.7 Å². The van der Waals surface area contributed by atoms with Crippen LogP contribution in [-0.4, -0.2) is 38.6 Å². The lowest BCUT2D eigenvalue weighted by Gasteiger charge is -2.30. The summed E-state index contributed by atoms with van der Waals surface area (Å²) >= 11 is 2.96. The predicted molar refractivity (Wildman–Crippen MR) is 109 cm³/mol. The minimum Gasteiger partial charge on any atom is -0.337 e. The SMILES string of the molecule is CC1CCc2c(sc3nc(SCC(=O)N(C(C)C)C(C)C)[nH]c(=O)c23)C1. The summed E-state index contributed by atoms with van der Waals surface area (Å²) in [5, 5.41) is 1.30. The van der Waals surface area contributed by atoms with Crippen LogP contribution in [0.1, 0.15) is 51.5 Å². The first-order valence-corrected chi connectivity index (χ1v) is 11.1. The third-order valence-corrected chi connectivity index (χ3v) is 6.88. The molecule has 1 amide bonds. The van der Waals surface area contributed by atoms with Gasteiger partial charge in [0.15, 0.2) is 5.16 Å². The van der Waals surface area contributed by atoms with Gasteiger partial charge < -0.3 is 9.88 Å². The molecule has 0 saturated heterocycles. The van der Waals surface area contributed by atoms with Crippen molar-refractivity contribution in [2.24, 2.45) is 5.92 Å². The number of thioether (sulfide) groups is 1. The fourth-order valence-electron chi connectivity index (χ4n) is 3.77. The average molecular weight is 394 g/mol. The van der Waals surface area contributed by atoms with Gasteiger partial charge in [-0.3, -0.25) is 9.59 Å². The van der Waals surface area contributed by atoms with Gasteiger partial charge in [-0.05, 0) is 58.4 Å². The lowest BCUT2D eigenvalue weighted by Crippen LogP contribution is -2.43. The number of amides is 1. The molecule has 2 aromatic heterocycles. The van der Waals surface area contributed by atoms with Gasteiger partial charge in [0.25, 0.3) is 5.56 Å². The monoisotopic (exact) mass is 393 g/mol. The lowest BCUT2D eigenvalue weighted by atomic mass is 9.89. The molecule has 0 aromatic carbocycles. The molecule has 0 aliphatic heterocycles. The lowest BCUT2D eigenvalue weighted by molar-refractivity contribution is -0.131. The summed E-state index contributed by atoms with van der Waals surface area (Å²) in [5.41, 5.74) is 1.12. The largest absolute Gasteiger partial charge is 0.337 e. The molecule has 1 aliphatic carbocycles. The molecule has 1 unspecified atom stereocenters. The van der Waals surface area contributed by atoms with Crippen molar-refractivity contribution in [1.29, 1.82) is 0 Å². The van der Waals surface area contributed by atoms with Crippen molar-refractivity contribution in [3.05, 3.63) is 20.8 Å². The van der Waals surface area contributed by atoms with Gasteiger partial charge in [-0.2, -0.15) is 0 Å². The van der Waals surface area contributed by atoms with Crippen LogP contribution in [0, 0.1) is 5.92 Å². The first-order chi connectivity index (χ1) is 12.3. The zero-order chi connectivity index (χ0) is 19.0. The Morgan fingerprint density at radius 2 is 2.04 bits per heavy atom. The first kappa shape index (κ1) is 19.4. The van der Waals surface area contributed by atoms with Crippen LogP contribution in [0.25, 0.3) is 10.2 Å². The third-order valence-electron chi connectivity index (χ3n) is 4.88. The number of rotatable bonds is 5. The van der Waals surface area contributed by atoms with Crippen molar-refractivity contribution in [3.63, 3.8) is 0 Å². The number of aryl methyl sites for hydroxylation is 1. The highest BCUT2D eigenvalue weighted by Crippen LogP contribution is 2.36. The third kappa shape index (κ3) is 3.83. The van der Waals surface area contributed by atoms with E-state index >= 15 is 0 Å². The molecule has 0 saturated carbocycles. The molecule has 1 atom stereocenters. The zero-order valence-corrected chi connectivity index (χ0v) is 17.7. The van der Waals surface area contributed by atoms with Crippen molar-refractivity contribution in [2.45, 2.75) is 71.1 Å². The second-order valence-electron chi connectivity index (χ2n) is 7.68. The van der Waals surface area contributed by atoms with Crippen LogP contribution in [0.2, 0.25) is 0 Å². The number of aromatic nitrogens is 2. The van der Waals surface area contributed by atoms with Crippen LogP contribution in [0.15, 0.2) is 9.95 Å². The Morgan fingerprint density at radius 1 is 1.35 bits per heavy atom. The number of carbonyl (C=O) groups excluding carboxylic acids is 1. The topological polar surface area (TPSA) is 66.1 Å². The number of carbonyl (C=O) groups is 1. The molecule has 1 N–H and O–H groups in total. The highest BCUT2D eigenvalue weighted by molar-refractivity contribution is 7.99. The van der Waals surface area contributed by atoms with Gasteiger partial charge >= 0.3 is 0 Å². The summed E-state index contributed by atoms with van der Waals surface area (Å²) in [6.07, 6.45) is 3.13. The minimum atomic E-state index is -0.0680. The molecule has 7 heteroatoms. The molecular weight excluding hydrogens is 366 g/mol. The second-order valence-corrected chi connectivity index (χ2v) is 9.73. The smallest absolute Gasteiger partial charge is 0.260 e. The number of nitrogens with zero attached hydrogens (tertiary/aromatic N) is 2. The molecule has 0 fully saturated rings. The van der Waals surface area contributed by atoms with E-state index < -0.39 is 0 Å². The minimum absolute atomic E-state index is 0.0680. The molecule has 0 bridgehead atoms. The highest BCUT2D eigenvalue weighted by Gasteiger charge is 2.24. The van der Waals surface area contributed by atoms with Gasteiger partial charge in [0.2, 0.25) is 5.91 Å². The Bertz CT molecular complexity index is 862. The van der Waals surface area contributed by atoms with Gasteiger partial charge in [0.05, 0.1) is 11.1 Å². The maximum atomic E-state index is 12.6. The average Bonchev–Trinajstić information content (AvgIpc) is 2.89. The molecule has 0 spiro atoms. The molecule has 3 rings (SSSR count). The van der Waals surface area contributed by atoms with E-state index in [4.69, 9.17) is 0 Å². The summed E-state index contributed by atoms with van der Waals surface area (Å²) < 4.78 is 0. The summed E-state index contributed by atoms with van der Waals surface area (Å²) in [6, 6.07) is 0.312. The van der Waals surface area contributed by atoms with Crippen molar-refractivity contribution < 1.29 is 4.79 Å². The normalized spacial score (nSPS) is 17.1. The molecule has 2 heterocycles. The zero-order valence-electron chi connectivity index (χ0n) is 16.1. The van der Waals surface area contributed by atoms with E-state index in [1.165, 1.54) is 22.2 Å². The Labute approximate surface area is 162 Å². The molecule has 0 radical (unpaired) electrons. The van der Waals surface area contributed by atoms with Gasteiger partial charge in [0, 0.05) is 17.0 Å². The quantitative estimate of drug-likeness (QED) is 0.619. The summed E-state index contributed by atoms with van der Waals surface area (Å²) in [7, 11) is 0. The fraction of sp³-hybridized carbons (Fsp3) is 0.632. The van der Waals surface area contributed by atoms with Gasteiger partial charge in [0.1, 0.15) is 4.83 Å². The predicted octanol–water partition coefficient (Wildman–Crippen LogP) is 3.85. The Balaban J connectivity index is 1.82. The van der Waals surface area contributed by atoms with Crippen LogP contribution in [0.5, 0.6) is 0 Å². The Kier molecular flexibility index (Phi) is 5.77. The van der Waals surface area contributed by atoms with E-state index in [1.54, 1.807) is 11.3 Å². The van der Waals surface area contributed by atoms with Crippen LogP contribution in [0.3, 0.4) is 0 Å². The van der Waals surface area contributed by atoms with E-state index in [1.807, 2.05) is 32.6 Å². The maximum Gasteiger partial charge on any atom is 0.260 e. The second kappa shape index (κ2) is 7.72. The Hall–Kier alpha value is -1.34. The van der Waals surface area contributed by atoms with E-state index in [0.717, 1.165) is 29.5 Å². The standard InChI is InChI=1S/C19H27N3O2S2/c1-10(2)22(11(3)4)15(23)9-25-19-20-17(24)16-13-7-6-12(5)8-14(13)26-18(16)21-19/h10-12H,6-9H2,1-5H3,(H,20,21,24). The number of aromatic amines is 1. The van der Waals surface area contributed by atoms with Crippen molar-refractivity contribution in [3.8, 4) is 0 Å². The first-order valence-electron chi connectivity index (χ1n) is 9.26. The molecule has 5 nitrogen and oxygen atoms in total. The summed E-state index contributed by atoms with van der Waals surface area (Å²) in [4.78, 5) is 36.7. The summed E-state index contributed by atoms with van der Waals surface area (Å²) in [5.74, 6) is 1.02. The van der Waals surface area contributed by atoms with E-state index in [0.29, 0.717) is 11.1 Å². The van der Waals surface area contributed by atoms with E-state index in [9.17, 15) is 9.59 Å². The molecule has 1 aliphatic rings. The molecule has 2 aromatic rings. The number of nitrogens with one attached hydrogen (secondary N) is 1. The number of fused-ring (bicyclic) bond motifs is 3. The van der Waals surface area contributed by atoms with Crippen LogP contribution < -0.4 is 5.56 Å². The van der Waals surface area contributed by atoms with E-state index in [2.05, 4.69) is 16.9 Å². The molecule has 26 heavy (non-hydrogen) atoms. The maximum absolute atomic E-state index is 12.6. The van der Waals surface area contributed by atoms with Crippen LogP contribution in [0.4, 0.5) is 0 Å². The molecular formula is C19H27N3O2S2.